The van der Waals surface area contributed by atoms with Gasteiger partial charge in [-0.2, -0.15) is 18.4 Å². The molecule has 9 heteroatoms. The Labute approximate surface area is 193 Å². The van der Waals surface area contributed by atoms with Crippen LogP contribution in [0.15, 0.2) is 35.0 Å². The van der Waals surface area contributed by atoms with Crippen molar-refractivity contribution < 1.29 is 17.9 Å². The summed E-state index contributed by atoms with van der Waals surface area (Å²) in [6.07, 6.45) is 1.71. The predicted octanol–water partition coefficient (Wildman–Crippen LogP) is 8.24. The molecule has 0 aliphatic rings. The second kappa shape index (κ2) is 11.3. The SMILES string of the molecule is CCCCCCCCOc1ccc(Nc2nc(-c3ccsc3C#N)cs2)cc1C(F)(F)F. The van der Waals surface area contributed by atoms with Gasteiger partial charge < -0.3 is 10.1 Å². The minimum absolute atomic E-state index is 0.159. The van der Waals surface area contributed by atoms with Gasteiger partial charge in [-0.15, -0.1) is 22.7 Å². The Hall–Kier alpha value is -2.57. The Kier molecular flexibility index (Phi) is 8.53. The fourth-order valence-electron chi connectivity index (χ4n) is 3.20. The molecule has 0 aliphatic heterocycles. The molecule has 0 radical (unpaired) electrons. The van der Waals surface area contributed by atoms with Gasteiger partial charge in [0.25, 0.3) is 0 Å². The monoisotopic (exact) mass is 479 g/mol. The summed E-state index contributed by atoms with van der Waals surface area (Å²) in [6, 6.07) is 7.87. The first-order valence-electron chi connectivity index (χ1n) is 10.5. The Morgan fingerprint density at radius 1 is 1.09 bits per heavy atom. The van der Waals surface area contributed by atoms with Crippen LogP contribution in [0.1, 0.15) is 55.9 Å². The highest BCUT2D eigenvalue weighted by Crippen LogP contribution is 2.39. The van der Waals surface area contributed by atoms with E-state index in [1.807, 2.05) is 0 Å². The van der Waals surface area contributed by atoms with E-state index < -0.39 is 11.7 Å². The van der Waals surface area contributed by atoms with Crippen molar-refractivity contribution in [3.05, 3.63) is 45.5 Å². The number of rotatable bonds is 11. The second-order valence-corrected chi connectivity index (χ2v) is 9.04. The molecular formula is C23H24F3N3OS2. The van der Waals surface area contributed by atoms with Gasteiger partial charge in [0.2, 0.25) is 0 Å². The van der Waals surface area contributed by atoms with E-state index in [0.717, 1.165) is 43.7 Å². The Morgan fingerprint density at radius 2 is 1.88 bits per heavy atom. The molecule has 0 aliphatic carbocycles. The van der Waals surface area contributed by atoms with E-state index in [1.165, 1.54) is 35.2 Å². The summed E-state index contributed by atoms with van der Waals surface area (Å²) in [5, 5.41) is 16.1. The van der Waals surface area contributed by atoms with Crippen molar-refractivity contribution in [2.24, 2.45) is 0 Å². The third kappa shape index (κ3) is 6.47. The molecule has 0 saturated carbocycles. The van der Waals surface area contributed by atoms with Gasteiger partial charge in [-0.3, -0.25) is 0 Å². The fourth-order valence-corrected chi connectivity index (χ4v) is 4.62. The number of unbranched alkanes of at least 4 members (excludes halogenated alkanes) is 5. The maximum absolute atomic E-state index is 13.6. The predicted molar refractivity (Wildman–Crippen MR) is 124 cm³/mol. The van der Waals surface area contributed by atoms with Crippen LogP contribution in [0.3, 0.4) is 0 Å². The van der Waals surface area contributed by atoms with Crippen molar-refractivity contribution in [1.82, 2.24) is 4.98 Å². The molecule has 1 aromatic carbocycles. The number of nitrogens with one attached hydrogen (secondary N) is 1. The minimum Gasteiger partial charge on any atom is -0.493 e. The first-order chi connectivity index (χ1) is 15.4. The number of nitrogens with zero attached hydrogens (tertiary/aromatic N) is 2. The lowest BCUT2D eigenvalue weighted by molar-refractivity contribution is -0.138. The first-order valence-corrected chi connectivity index (χ1v) is 12.2. The molecule has 4 nitrogen and oxygen atoms in total. The molecule has 3 rings (SSSR count). The highest BCUT2D eigenvalue weighted by atomic mass is 32.1. The zero-order valence-electron chi connectivity index (χ0n) is 17.7. The number of alkyl halides is 3. The quantitative estimate of drug-likeness (QED) is 0.281. The number of thiophene rings is 1. The lowest BCUT2D eigenvalue weighted by atomic mass is 10.1. The number of nitriles is 1. The first kappa shape index (κ1) is 24.1. The van der Waals surface area contributed by atoms with Crippen LogP contribution in [-0.4, -0.2) is 11.6 Å². The highest BCUT2D eigenvalue weighted by Gasteiger charge is 2.34. The van der Waals surface area contributed by atoms with Crippen LogP contribution in [0.4, 0.5) is 24.0 Å². The van der Waals surface area contributed by atoms with Gasteiger partial charge in [-0.1, -0.05) is 39.0 Å². The number of hydrogen-bond donors (Lipinski definition) is 1. The Morgan fingerprint density at radius 3 is 2.62 bits per heavy atom. The van der Waals surface area contributed by atoms with Crippen LogP contribution in [0.25, 0.3) is 11.3 Å². The van der Waals surface area contributed by atoms with Gasteiger partial charge in [0.05, 0.1) is 17.9 Å². The van der Waals surface area contributed by atoms with Gasteiger partial charge in [0.15, 0.2) is 5.13 Å². The van der Waals surface area contributed by atoms with E-state index in [-0.39, 0.29) is 18.0 Å². The van der Waals surface area contributed by atoms with Crippen LogP contribution >= 0.6 is 22.7 Å². The number of aromatic nitrogens is 1. The Bertz CT molecular complexity index is 1050. The van der Waals surface area contributed by atoms with E-state index in [2.05, 4.69) is 23.3 Å². The van der Waals surface area contributed by atoms with Crippen molar-refractivity contribution in [2.75, 3.05) is 11.9 Å². The second-order valence-electron chi connectivity index (χ2n) is 7.26. The summed E-state index contributed by atoms with van der Waals surface area (Å²) >= 11 is 2.59. The summed E-state index contributed by atoms with van der Waals surface area (Å²) in [6.45, 7) is 2.40. The summed E-state index contributed by atoms with van der Waals surface area (Å²) < 4.78 is 46.3. The third-order valence-corrected chi connectivity index (χ3v) is 6.42. The largest absolute Gasteiger partial charge is 0.493 e. The topological polar surface area (TPSA) is 57.9 Å². The van der Waals surface area contributed by atoms with Crippen molar-refractivity contribution in [3.8, 4) is 23.1 Å². The van der Waals surface area contributed by atoms with Gasteiger partial charge in [-0.25, -0.2) is 4.98 Å². The van der Waals surface area contributed by atoms with Crippen LogP contribution in [0.5, 0.6) is 5.75 Å². The molecule has 0 spiro atoms. The average molecular weight is 480 g/mol. The molecule has 0 amide bonds. The van der Waals surface area contributed by atoms with Crippen LogP contribution < -0.4 is 10.1 Å². The van der Waals surface area contributed by atoms with Crippen LogP contribution in [0.2, 0.25) is 0 Å². The number of anilines is 2. The van der Waals surface area contributed by atoms with Gasteiger partial charge in [0.1, 0.15) is 16.7 Å². The summed E-state index contributed by atoms with van der Waals surface area (Å²) in [4.78, 5) is 4.96. The van der Waals surface area contributed by atoms with E-state index in [4.69, 9.17) is 4.74 Å². The molecule has 170 valence electrons. The summed E-state index contributed by atoms with van der Waals surface area (Å²) in [5.74, 6) is -0.159. The van der Waals surface area contributed by atoms with Gasteiger partial charge in [-0.05, 0) is 36.1 Å². The van der Waals surface area contributed by atoms with Gasteiger partial charge in [0, 0.05) is 16.6 Å². The highest BCUT2D eigenvalue weighted by molar-refractivity contribution is 7.14. The maximum atomic E-state index is 13.6. The van der Waals surface area contributed by atoms with E-state index >= 15 is 0 Å². The molecule has 2 heterocycles. The average Bonchev–Trinajstić information content (AvgIpc) is 3.42. The third-order valence-electron chi connectivity index (χ3n) is 4.84. The molecule has 3 aromatic rings. The van der Waals surface area contributed by atoms with E-state index in [0.29, 0.717) is 15.7 Å². The number of hydrogen-bond acceptors (Lipinski definition) is 6. The zero-order chi connectivity index (χ0) is 23.0. The Balaban J connectivity index is 1.66. The molecule has 0 unspecified atom stereocenters. The molecule has 0 bridgehead atoms. The van der Waals surface area contributed by atoms with Gasteiger partial charge >= 0.3 is 6.18 Å². The van der Waals surface area contributed by atoms with Crippen LogP contribution in [-0.2, 0) is 6.18 Å². The molecular weight excluding hydrogens is 455 g/mol. The lowest BCUT2D eigenvalue weighted by Gasteiger charge is -2.15. The maximum Gasteiger partial charge on any atom is 0.420 e. The van der Waals surface area contributed by atoms with Crippen LogP contribution in [0, 0.1) is 11.3 Å². The van der Waals surface area contributed by atoms with Crippen molar-refractivity contribution in [2.45, 2.75) is 51.6 Å². The number of benzene rings is 1. The standard InChI is InChI=1S/C23H24F3N3OS2/c1-2-3-4-5-6-7-11-30-20-9-8-16(13-18(20)23(24,25)26)28-22-29-19(15-32-22)17-10-12-31-21(17)14-27/h8-10,12-13,15H,2-7,11H2,1H3,(H,28,29). The number of halogens is 3. The molecule has 0 fully saturated rings. The summed E-state index contributed by atoms with van der Waals surface area (Å²) in [5.41, 5.74) is 0.798. The van der Waals surface area contributed by atoms with Crippen molar-refractivity contribution >= 4 is 33.5 Å². The number of thiazole rings is 1. The number of ether oxygens (including phenoxy) is 1. The minimum atomic E-state index is -4.53. The van der Waals surface area contributed by atoms with Crippen molar-refractivity contribution in [1.29, 1.82) is 5.26 Å². The molecule has 0 saturated heterocycles. The molecule has 0 atom stereocenters. The summed E-state index contributed by atoms with van der Waals surface area (Å²) in [7, 11) is 0. The van der Waals surface area contributed by atoms with Crippen molar-refractivity contribution in [3.63, 3.8) is 0 Å². The lowest BCUT2D eigenvalue weighted by Crippen LogP contribution is -2.10. The van der Waals surface area contributed by atoms with E-state index in [1.54, 1.807) is 22.9 Å². The molecule has 1 N–H and O–H groups in total. The normalized spacial score (nSPS) is 11.3. The van der Waals surface area contributed by atoms with E-state index in [9.17, 15) is 18.4 Å². The molecule has 2 aromatic heterocycles. The molecule has 32 heavy (non-hydrogen) atoms. The smallest absolute Gasteiger partial charge is 0.420 e. The zero-order valence-corrected chi connectivity index (χ0v) is 19.3. The fraction of sp³-hybridized carbons (Fsp3) is 0.391.